The number of hydrogen-bond acceptors (Lipinski definition) is 5. The molecule has 1 unspecified atom stereocenters. The number of hydroxylamine groups is 1. The first-order chi connectivity index (χ1) is 14.2. The second-order valence-electron chi connectivity index (χ2n) is 6.22. The highest BCUT2D eigenvalue weighted by Gasteiger charge is 2.26. The maximum Gasteiger partial charge on any atom is 0.266 e. The van der Waals surface area contributed by atoms with E-state index in [9.17, 15) is 13.2 Å². The Morgan fingerprint density at radius 3 is 2.43 bits per heavy atom. The van der Waals surface area contributed by atoms with Crippen LogP contribution in [-0.2, 0) is 14.9 Å². The van der Waals surface area contributed by atoms with Crippen LogP contribution in [0.4, 0.5) is 0 Å². The van der Waals surface area contributed by atoms with Crippen LogP contribution in [0.5, 0.6) is 0 Å². The predicted molar refractivity (Wildman–Crippen MR) is 118 cm³/mol. The normalized spacial score (nSPS) is 12.7. The van der Waals surface area contributed by atoms with Gasteiger partial charge in [0.15, 0.2) is 0 Å². The average Bonchev–Trinajstić information content (AvgIpc) is 3.26. The molecule has 3 rings (SSSR count). The van der Waals surface area contributed by atoms with E-state index in [1.165, 1.54) is 43.7 Å². The Hall–Kier alpha value is -1.94. The zero-order chi connectivity index (χ0) is 21.9. The second kappa shape index (κ2) is 9.47. The lowest BCUT2D eigenvalue weighted by atomic mass is 10.0. The van der Waals surface area contributed by atoms with Gasteiger partial charge in [0.1, 0.15) is 4.90 Å². The Morgan fingerprint density at radius 2 is 1.83 bits per heavy atom. The van der Waals surface area contributed by atoms with Crippen molar-refractivity contribution in [2.45, 2.75) is 10.9 Å². The maximum absolute atomic E-state index is 13.0. The molecular weight excluding hydrogens is 467 g/mol. The molecule has 0 aliphatic heterocycles. The molecule has 0 saturated carbocycles. The number of carbonyl (C=O) groups is 1. The summed E-state index contributed by atoms with van der Waals surface area (Å²) in [4.78, 5) is 18.5. The molecule has 3 aromatic rings. The number of nitrogens with one attached hydrogen (secondary N) is 1. The molecule has 1 heterocycles. The third-order valence-corrected chi connectivity index (χ3v) is 7.72. The summed E-state index contributed by atoms with van der Waals surface area (Å²) in [6.45, 7) is 0. The first-order valence-electron chi connectivity index (χ1n) is 8.66. The van der Waals surface area contributed by atoms with Gasteiger partial charge in [-0.15, -0.1) is 11.3 Å². The van der Waals surface area contributed by atoms with Gasteiger partial charge in [-0.25, -0.2) is 8.42 Å². The molecule has 0 bridgehead atoms. The van der Waals surface area contributed by atoms with E-state index in [1.54, 1.807) is 12.1 Å². The number of rotatable bonds is 7. The van der Waals surface area contributed by atoms with E-state index in [0.29, 0.717) is 9.49 Å². The summed E-state index contributed by atoms with van der Waals surface area (Å²) >= 11 is 13.6. The van der Waals surface area contributed by atoms with Crippen LogP contribution in [0, 0.1) is 0 Å². The van der Waals surface area contributed by atoms with Crippen molar-refractivity contribution in [3.8, 4) is 0 Å². The molecule has 0 saturated heterocycles. The summed E-state index contributed by atoms with van der Waals surface area (Å²) in [6, 6.07) is 14.6. The van der Waals surface area contributed by atoms with Gasteiger partial charge in [0.2, 0.25) is 0 Å². The summed E-state index contributed by atoms with van der Waals surface area (Å²) in [5.74, 6) is -0.448. The lowest BCUT2D eigenvalue weighted by Crippen LogP contribution is -2.30. The van der Waals surface area contributed by atoms with Gasteiger partial charge in [0.05, 0.1) is 18.2 Å². The number of carbonyl (C=O) groups excluding carboxylic acids is 1. The van der Waals surface area contributed by atoms with E-state index in [0.717, 1.165) is 10.4 Å². The van der Waals surface area contributed by atoms with E-state index in [2.05, 4.69) is 5.32 Å². The minimum Gasteiger partial charge on any atom is -0.340 e. The average molecular weight is 485 g/mol. The fourth-order valence-electron chi connectivity index (χ4n) is 2.72. The fourth-order valence-corrected chi connectivity index (χ4v) is 5.12. The number of benzene rings is 2. The molecule has 1 amide bonds. The van der Waals surface area contributed by atoms with Crippen LogP contribution in [0.1, 0.15) is 26.8 Å². The number of thiophene rings is 1. The van der Waals surface area contributed by atoms with Crippen LogP contribution in [0.15, 0.2) is 64.9 Å². The molecule has 1 aromatic heterocycles. The number of amides is 1. The minimum atomic E-state index is -4.02. The van der Waals surface area contributed by atoms with Gasteiger partial charge in [0.25, 0.3) is 15.9 Å². The molecule has 0 spiro atoms. The smallest absolute Gasteiger partial charge is 0.266 e. The van der Waals surface area contributed by atoms with Crippen LogP contribution in [-0.4, -0.2) is 33.0 Å². The Labute approximate surface area is 189 Å². The molecule has 10 heteroatoms. The minimum absolute atomic E-state index is 0.0111. The highest BCUT2D eigenvalue weighted by Crippen LogP contribution is 2.29. The molecule has 1 N–H and O–H groups in total. The van der Waals surface area contributed by atoms with Crippen LogP contribution >= 0.6 is 34.5 Å². The van der Waals surface area contributed by atoms with Crippen molar-refractivity contribution in [2.24, 2.45) is 0 Å². The molecule has 1 atom stereocenters. The summed E-state index contributed by atoms with van der Waals surface area (Å²) in [7, 11) is -1.55. The van der Waals surface area contributed by atoms with Crippen LogP contribution in [0.25, 0.3) is 0 Å². The van der Waals surface area contributed by atoms with Crippen LogP contribution < -0.4 is 5.32 Å². The molecule has 6 nitrogen and oxygen atoms in total. The van der Waals surface area contributed by atoms with E-state index < -0.39 is 22.0 Å². The van der Waals surface area contributed by atoms with Gasteiger partial charge in [-0.2, -0.15) is 0 Å². The quantitative estimate of drug-likeness (QED) is 0.490. The van der Waals surface area contributed by atoms with E-state index in [-0.39, 0.29) is 15.5 Å². The van der Waals surface area contributed by atoms with Gasteiger partial charge in [0, 0.05) is 22.5 Å². The van der Waals surface area contributed by atoms with Crippen molar-refractivity contribution in [3.63, 3.8) is 0 Å². The molecule has 0 fully saturated rings. The lowest BCUT2D eigenvalue weighted by Gasteiger charge is -2.19. The summed E-state index contributed by atoms with van der Waals surface area (Å²) in [6.07, 6.45) is 0. The first kappa shape index (κ1) is 22.7. The van der Waals surface area contributed by atoms with Crippen molar-refractivity contribution in [3.05, 3.63) is 86.0 Å². The highest BCUT2D eigenvalue weighted by molar-refractivity contribution is 7.89. The largest absolute Gasteiger partial charge is 0.340 e. The topological polar surface area (TPSA) is 75.7 Å². The van der Waals surface area contributed by atoms with Crippen molar-refractivity contribution in [1.29, 1.82) is 0 Å². The molecule has 0 aliphatic rings. The predicted octanol–water partition coefficient (Wildman–Crippen LogP) is 4.76. The summed E-state index contributed by atoms with van der Waals surface area (Å²) in [5, 5.41) is 5.45. The Balaban J connectivity index is 1.95. The van der Waals surface area contributed by atoms with E-state index >= 15 is 0 Å². The van der Waals surface area contributed by atoms with Gasteiger partial charge in [-0.05, 0) is 47.3 Å². The Morgan fingerprint density at radius 1 is 1.13 bits per heavy atom. The van der Waals surface area contributed by atoms with Crippen LogP contribution in [0.3, 0.4) is 0 Å². The molecule has 0 aliphatic carbocycles. The van der Waals surface area contributed by atoms with Gasteiger partial charge >= 0.3 is 0 Å². The fraction of sp³-hybridized carbons (Fsp3) is 0.150. The SMILES string of the molecule is CON(C)S(=O)(=O)c1cc(C(=O)NC(c2ccc(Cl)cc2)c2cccs2)ccc1Cl. The van der Waals surface area contributed by atoms with Crippen LogP contribution in [0.2, 0.25) is 10.0 Å². The Kier molecular flexibility index (Phi) is 7.18. The number of halogens is 2. The van der Waals surface area contributed by atoms with E-state index in [4.69, 9.17) is 28.0 Å². The lowest BCUT2D eigenvalue weighted by molar-refractivity contribution is -0.0258. The van der Waals surface area contributed by atoms with Crippen molar-refractivity contribution in [1.82, 2.24) is 9.79 Å². The molecule has 0 radical (unpaired) electrons. The standard InChI is InChI=1S/C20H18Cl2N2O4S2/c1-24(28-2)30(26,27)18-12-14(7-10-16(18)22)20(25)23-19(17-4-3-11-29-17)13-5-8-15(21)9-6-13/h3-12,19H,1-2H3,(H,23,25). The van der Waals surface area contributed by atoms with Crippen molar-refractivity contribution >= 4 is 50.5 Å². The molecule has 30 heavy (non-hydrogen) atoms. The summed E-state index contributed by atoms with van der Waals surface area (Å²) in [5.41, 5.74) is 0.995. The first-order valence-corrected chi connectivity index (χ1v) is 11.7. The van der Waals surface area contributed by atoms with Gasteiger partial charge in [-0.3, -0.25) is 9.63 Å². The molecule has 158 valence electrons. The zero-order valence-corrected chi connectivity index (χ0v) is 19.1. The van der Waals surface area contributed by atoms with Gasteiger partial charge in [-0.1, -0.05) is 45.9 Å². The third kappa shape index (κ3) is 4.85. The summed E-state index contributed by atoms with van der Waals surface area (Å²) < 4.78 is 25.9. The highest BCUT2D eigenvalue weighted by atomic mass is 35.5. The van der Waals surface area contributed by atoms with Crippen molar-refractivity contribution in [2.75, 3.05) is 14.2 Å². The monoisotopic (exact) mass is 484 g/mol. The second-order valence-corrected chi connectivity index (χ2v) is 9.94. The van der Waals surface area contributed by atoms with Crippen molar-refractivity contribution < 1.29 is 18.0 Å². The van der Waals surface area contributed by atoms with E-state index in [1.807, 2.05) is 29.6 Å². The maximum atomic E-state index is 13.0. The third-order valence-electron chi connectivity index (χ3n) is 4.37. The number of sulfonamides is 1. The number of nitrogens with zero attached hydrogens (tertiary/aromatic N) is 1. The zero-order valence-electron chi connectivity index (χ0n) is 16.0. The molecule has 2 aromatic carbocycles. The van der Waals surface area contributed by atoms with Gasteiger partial charge < -0.3 is 5.32 Å². The Bertz CT molecular complexity index is 1130. The number of hydrogen-bond donors (Lipinski definition) is 1. The molecular formula is C20H18Cl2N2O4S2.